The molecule has 3 nitrogen and oxygen atoms in total. The van der Waals surface area contributed by atoms with Crippen molar-refractivity contribution in [2.45, 2.75) is 26.0 Å². The van der Waals surface area contributed by atoms with E-state index in [-0.39, 0.29) is 6.04 Å². The van der Waals surface area contributed by atoms with E-state index < -0.39 is 6.10 Å². The normalized spacial score (nSPS) is 14.8. The number of benzene rings is 1. The second-order valence-electron chi connectivity index (χ2n) is 4.45. The molecule has 0 radical (unpaired) electrons. The van der Waals surface area contributed by atoms with Crippen LogP contribution in [0.25, 0.3) is 0 Å². The molecule has 4 heteroatoms. The first kappa shape index (κ1) is 15.4. The van der Waals surface area contributed by atoms with Crippen molar-refractivity contribution < 1.29 is 9.84 Å². The average Bonchev–Trinajstić information content (AvgIpc) is 2.36. The van der Waals surface area contributed by atoms with E-state index >= 15 is 0 Å². The van der Waals surface area contributed by atoms with Crippen LogP contribution in [0.3, 0.4) is 0 Å². The number of halogens is 1. The molecule has 0 aliphatic carbocycles. The number of hydrogen-bond acceptors (Lipinski definition) is 3. The Morgan fingerprint density at radius 1 is 1.39 bits per heavy atom. The highest BCUT2D eigenvalue weighted by molar-refractivity contribution is 6.31. The molecule has 0 heterocycles. The summed E-state index contributed by atoms with van der Waals surface area (Å²) in [6, 6.07) is 7.95. The molecule has 1 aromatic carbocycles. The van der Waals surface area contributed by atoms with E-state index in [1.807, 2.05) is 38.2 Å². The lowest BCUT2D eigenvalue weighted by atomic mass is 10.1. The van der Waals surface area contributed by atoms with E-state index in [0.29, 0.717) is 19.8 Å². The van der Waals surface area contributed by atoms with Crippen LogP contribution in [0, 0.1) is 0 Å². The van der Waals surface area contributed by atoms with E-state index in [1.165, 1.54) is 0 Å². The first-order valence-electron chi connectivity index (χ1n) is 6.26. The molecule has 0 aliphatic rings. The van der Waals surface area contributed by atoms with Gasteiger partial charge < -0.3 is 9.84 Å². The van der Waals surface area contributed by atoms with Crippen LogP contribution in [0.2, 0.25) is 5.02 Å². The maximum Gasteiger partial charge on any atom is 0.0900 e. The van der Waals surface area contributed by atoms with Gasteiger partial charge in [0, 0.05) is 24.2 Å². The molecule has 0 spiro atoms. The fourth-order valence-electron chi connectivity index (χ4n) is 1.85. The summed E-state index contributed by atoms with van der Waals surface area (Å²) >= 11 is 6.17. The standard InChI is InChI=1S/C14H22ClNO2/c1-4-18-10-12(17)9-16(3)11(2)13-7-5-6-8-14(13)15/h5-8,11-12,17H,4,9-10H2,1-3H3. The molecule has 0 saturated heterocycles. The number of rotatable bonds is 7. The van der Waals surface area contributed by atoms with Gasteiger partial charge in [-0.25, -0.2) is 0 Å². The molecule has 0 saturated carbocycles. The smallest absolute Gasteiger partial charge is 0.0900 e. The molecule has 0 aliphatic heterocycles. The number of ether oxygens (including phenoxy) is 1. The molecular formula is C14H22ClNO2. The maximum atomic E-state index is 9.82. The van der Waals surface area contributed by atoms with E-state index in [2.05, 4.69) is 11.8 Å². The lowest BCUT2D eigenvalue weighted by molar-refractivity contribution is 0.0196. The second-order valence-corrected chi connectivity index (χ2v) is 4.86. The van der Waals surface area contributed by atoms with Gasteiger partial charge in [0.2, 0.25) is 0 Å². The third-order valence-corrected chi connectivity index (χ3v) is 3.37. The molecule has 0 fully saturated rings. The van der Waals surface area contributed by atoms with Gasteiger partial charge in [-0.1, -0.05) is 29.8 Å². The Bertz CT molecular complexity index is 359. The number of aliphatic hydroxyl groups is 1. The van der Waals surface area contributed by atoms with Crippen LogP contribution in [-0.2, 0) is 4.74 Å². The molecule has 1 aromatic rings. The van der Waals surface area contributed by atoms with Crippen LogP contribution in [0.1, 0.15) is 25.5 Å². The summed E-state index contributed by atoms with van der Waals surface area (Å²) < 4.78 is 5.20. The van der Waals surface area contributed by atoms with Crippen molar-refractivity contribution >= 4 is 11.6 Å². The predicted octanol–water partition coefficient (Wildman–Crippen LogP) is 2.73. The van der Waals surface area contributed by atoms with Gasteiger partial charge in [-0.3, -0.25) is 4.90 Å². The van der Waals surface area contributed by atoms with Gasteiger partial charge in [0.05, 0.1) is 12.7 Å². The van der Waals surface area contributed by atoms with Crippen molar-refractivity contribution in [3.63, 3.8) is 0 Å². The van der Waals surface area contributed by atoms with Crippen LogP contribution in [0.4, 0.5) is 0 Å². The van der Waals surface area contributed by atoms with Crippen molar-refractivity contribution in [3.8, 4) is 0 Å². The van der Waals surface area contributed by atoms with E-state index in [1.54, 1.807) is 0 Å². The lowest BCUT2D eigenvalue weighted by Gasteiger charge is -2.27. The quantitative estimate of drug-likeness (QED) is 0.828. The van der Waals surface area contributed by atoms with Gasteiger partial charge >= 0.3 is 0 Å². The molecule has 1 rings (SSSR count). The molecule has 1 N–H and O–H groups in total. The van der Waals surface area contributed by atoms with E-state index in [0.717, 1.165) is 10.6 Å². The molecule has 0 amide bonds. The summed E-state index contributed by atoms with van der Waals surface area (Å²) in [7, 11) is 1.98. The Morgan fingerprint density at radius 3 is 2.67 bits per heavy atom. The van der Waals surface area contributed by atoms with Gasteiger partial charge in [-0.05, 0) is 32.5 Å². The summed E-state index contributed by atoms with van der Waals surface area (Å²) in [5.74, 6) is 0. The van der Waals surface area contributed by atoms with Crippen LogP contribution < -0.4 is 0 Å². The zero-order valence-electron chi connectivity index (χ0n) is 11.3. The highest BCUT2D eigenvalue weighted by Gasteiger charge is 2.17. The Labute approximate surface area is 114 Å². The molecule has 18 heavy (non-hydrogen) atoms. The number of nitrogens with zero attached hydrogens (tertiary/aromatic N) is 1. The number of hydrogen-bond donors (Lipinski definition) is 1. The van der Waals surface area contributed by atoms with Gasteiger partial charge in [-0.2, -0.15) is 0 Å². The molecule has 0 aromatic heterocycles. The minimum Gasteiger partial charge on any atom is -0.389 e. The lowest BCUT2D eigenvalue weighted by Crippen LogP contribution is -2.34. The van der Waals surface area contributed by atoms with E-state index in [9.17, 15) is 5.11 Å². The highest BCUT2D eigenvalue weighted by Crippen LogP contribution is 2.26. The maximum absolute atomic E-state index is 9.82. The van der Waals surface area contributed by atoms with Crippen molar-refractivity contribution in [2.24, 2.45) is 0 Å². The monoisotopic (exact) mass is 271 g/mol. The fourth-order valence-corrected chi connectivity index (χ4v) is 2.14. The molecule has 2 unspecified atom stereocenters. The van der Waals surface area contributed by atoms with Crippen molar-refractivity contribution in [1.29, 1.82) is 0 Å². The average molecular weight is 272 g/mol. The third kappa shape index (κ3) is 4.58. The zero-order chi connectivity index (χ0) is 13.5. The first-order chi connectivity index (χ1) is 8.56. The number of likely N-dealkylation sites (N-methyl/N-ethyl adjacent to an activating group) is 1. The summed E-state index contributed by atoms with van der Waals surface area (Å²) in [4.78, 5) is 2.07. The molecular weight excluding hydrogens is 250 g/mol. The van der Waals surface area contributed by atoms with Crippen LogP contribution >= 0.6 is 11.6 Å². The van der Waals surface area contributed by atoms with Crippen molar-refractivity contribution in [2.75, 3.05) is 26.8 Å². The van der Waals surface area contributed by atoms with Gasteiger partial charge in [0.15, 0.2) is 0 Å². The Morgan fingerprint density at radius 2 is 2.06 bits per heavy atom. The third-order valence-electron chi connectivity index (χ3n) is 3.03. The fraction of sp³-hybridized carbons (Fsp3) is 0.571. The topological polar surface area (TPSA) is 32.7 Å². The largest absolute Gasteiger partial charge is 0.389 e. The molecule has 0 bridgehead atoms. The number of aliphatic hydroxyl groups excluding tert-OH is 1. The Hall–Kier alpha value is -0.610. The van der Waals surface area contributed by atoms with Crippen LogP contribution in [-0.4, -0.2) is 42.9 Å². The summed E-state index contributed by atoms with van der Waals surface area (Å²) in [5, 5.41) is 10.6. The van der Waals surface area contributed by atoms with Gasteiger partial charge in [0.1, 0.15) is 0 Å². The first-order valence-corrected chi connectivity index (χ1v) is 6.64. The van der Waals surface area contributed by atoms with Crippen LogP contribution in [0.15, 0.2) is 24.3 Å². The SMILES string of the molecule is CCOCC(O)CN(C)C(C)c1ccccc1Cl. The van der Waals surface area contributed by atoms with Crippen LogP contribution in [0.5, 0.6) is 0 Å². The van der Waals surface area contributed by atoms with Crippen molar-refractivity contribution in [1.82, 2.24) is 4.90 Å². The summed E-state index contributed by atoms with van der Waals surface area (Å²) in [5.41, 5.74) is 1.07. The zero-order valence-corrected chi connectivity index (χ0v) is 12.0. The second kappa shape index (κ2) is 7.74. The molecule has 2 atom stereocenters. The Balaban J connectivity index is 2.56. The summed E-state index contributed by atoms with van der Waals surface area (Å²) in [6.45, 7) is 5.56. The van der Waals surface area contributed by atoms with Crippen molar-refractivity contribution in [3.05, 3.63) is 34.9 Å². The summed E-state index contributed by atoms with van der Waals surface area (Å²) in [6.07, 6.45) is -0.472. The van der Waals surface area contributed by atoms with E-state index in [4.69, 9.17) is 16.3 Å². The molecule has 102 valence electrons. The highest BCUT2D eigenvalue weighted by atomic mass is 35.5. The van der Waals surface area contributed by atoms with Gasteiger partial charge in [0.25, 0.3) is 0 Å². The van der Waals surface area contributed by atoms with Gasteiger partial charge in [-0.15, -0.1) is 0 Å². The minimum atomic E-state index is -0.472. The minimum absolute atomic E-state index is 0.162. The Kier molecular flexibility index (Phi) is 6.65. The predicted molar refractivity (Wildman–Crippen MR) is 75.0 cm³/mol.